The van der Waals surface area contributed by atoms with Gasteiger partial charge in [-0.25, -0.2) is 4.98 Å². The van der Waals surface area contributed by atoms with Crippen LogP contribution in [0.25, 0.3) is 11.3 Å². The minimum atomic E-state index is 0.817. The Bertz CT molecular complexity index is 544. The van der Waals surface area contributed by atoms with Crippen molar-refractivity contribution >= 4 is 12.6 Å². The van der Waals surface area contributed by atoms with Crippen LogP contribution in [0.4, 0.5) is 0 Å². The fourth-order valence-corrected chi connectivity index (χ4v) is 2.56. The smallest absolute Gasteiger partial charge is 0.107 e. The number of nitrogens with zero attached hydrogens (tertiary/aromatic N) is 1. The van der Waals surface area contributed by atoms with Crippen LogP contribution in [0.1, 0.15) is 28.1 Å². The molecule has 18 heavy (non-hydrogen) atoms. The maximum absolute atomic E-state index is 4.42. The number of thiol groups is 1. The Morgan fingerprint density at radius 2 is 1.72 bits per heavy atom. The number of nitrogens with one attached hydrogen (secondary N) is 1. The first-order chi connectivity index (χ1) is 8.54. The van der Waals surface area contributed by atoms with E-state index in [-0.39, 0.29) is 0 Å². The maximum Gasteiger partial charge on any atom is 0.107 e. The van der Waals surface area contributed by atoms with Crippen molar-refractivity contribution in [3.8, 4) is 11.3 Å². The summed E-state index contributed by atoms with van der Waals surface area (Å²) in [5.74, 6) is 1.83. The van der Waals surface area contributed by atoms with Gasteiger partial charge in [-0.15, -0.1) is 0 Å². The number of aromatic nitrogens is 2. The molecule has 0 atom stereocenters. The Labute approximate surface area is 114 Å². The van der Waals surface area contributed by atoms with Crippen LogP contribution in [0, 0.1) is 27.7 Å². The minimum absolute atomic E-state index is 0.817. The zero-order valence-corrected chi connectivity index (χ0v) is 12.4. The number of aryl methyl sites for hydroxylation is 3. The fraction of sp³-hybridized carbons (Fsp3) is 0.400. The van der Waals surface area contributed by atoms with E-state index in [9.17, 15) is 0 Å². The van der Waals surface area contributed by atoms with E-state index in [1.54, 1.807) is 0 Å². The van der Waals surface area contributed by atoms with E-state index in [1.165, 1.54) is 27.8 Å². The van der Waals surface area contributed by atoms with Crippen molar-refractivity contribution in [3.63, 3.8) is 0 Å². The molecule has 0 aliphatic carbocycles. The largest absolute Gasteiger partial charge is 0.342 e. The van der Waals surface area contributed by atoms with Gasteiger partial charge in [-0.05, 0) is 55.7 Å². The Hall–Kier alpha value is -1.22. The van der Waals surface area contributed by atoms with Crippen molar-refractivity contribution in [2.45, 2.75) is 34.1 Å². The van der Waals surface area contributed by atoms with Crippen molar-refractivity contribution < 1.29 is 0 Å². The zero-order chi connectivity index (χ0) is 13.3. The van der Waals surface area contributed by atoms with Crippen LogP contribution in [-0.4, -0.2) is 15.7 Å². The predicted molar refractivity (Wildman–Crippen MR) is 80.5 cm³/mol. The van der Waals surface area contributed by atoms with Gasteiger partial charge in [-0.2, -0.15) is 12.6 Å². The van der Waals surface area contributed by atoms with Crippen LogP contribution in [0.15, 0.2) is 12.3 Å². The van der Waals surface area contributed by atoms with E-state index in [2.05, 4.69) is 56.4 Å². The molecule has 1 N–H and O–H groups in total. The molecule has 0 amide bonds. The number of aromatic amines is 1. The van der Waals surface area contributed by atoms with Gasteiger partial charge in [-0.3, -0.25) is 0 Å². The first-order valence-electron chi connectivity index (χ1n) is 6.27. The summed E-state index contributed by atoms with van der Waals surface area (Å²) >= 11 is 4.24. The quantitative estimate of drug-likeness (QED) is 0.808. The molecule has 1 aromatic carbocycles. The highest BCUT2D eigenvalue weighted by Gasteiger charge is 2.12. The molecule has 2 nitrogen and oxygen atoms in total. The van der Waals surface area contributed by atoms with Crippen molar-refractivity contribution in [2.24, 2.45) is 0 Å². The summed E-state index contributed by atoms with van der Waals surface area (Å²) in [5.41, 5.74) is 7.74. The molecule has 0 saturated carbocycles. The van der Waals surface area contributed by atoms with E-state index < -0.39 is 0 Å². The van der Waals surface area contributed by atoms with Gasteiger partial charge >= 0.3 is 0 Å². The van der Waals surface area contributed by atoms with Gasteiger partial charge < -0.3 is 4.98 Å². The lowest BCUT2D eigenvalue weighted by molar-refractivity contribution is 1.00. The Morgan fingerprint density at radius 1 is 1.11 bits per heavy atom. The van der Waals surface area contributed by atoms with Crippen LogP contribution < -0.4 is 0 Å². The summed E-state index contributed by atoms with van der Waals surface area (Å²) in [5, 5.41) is 0. The molecular formula is C15H20N2S. The Balaban J connectivity index is 2.55. The molecule has 0 aliphatic heterocycles. The highest BCUT2D eigenvalue weighted by molar-refractivity contribution is 7.80. The molecule has 0 fully saturated rings. The zero-order valence-electron chi connectivity index (χ0n) is 11.5. The van der Waals surface area contributed by atoms with Crippen molar-refractivity contribution in [1.82, 2.24) is 9.97 Å². The van der Waals surface area contributed by atoms with Crippen molar-refractivity contribution in [2.75, 3.05) is 5.75 Å². The third-order valence-electron chi connectivity index (χ3n) is 3.61. The second kappa shape index (κ2) is 5.19. The number of H-pyrrole nitrogens is 1. The van der Waals surface area contributed by atoms with E-state index in [4.69, 9.17) is 0 Å². The molecule has 96 valence electrons. The van der Waals surface area contributed by atoms with Crippen LogP contribution in [0.3, 0.4) is 0 Å². The molecule has 0 saturated heterocycles. The number of benzene rings is 1. The van der Waals surface area contributed by atoms with Gasteiger partial charge in [0.1, 0.15) is 5.82 Å². The van der Waals surface area contributed by atoms with Crippen LogP contribution in [0.5, 0.6) is 0 Å². The molecule has 2 aromatic rings. The van der Waals surface area contributed by atoms with Crippen LogP contribution in [0.2, 0.25) is 0 Å². The average Bonchev–Trinajstić information content (AvgIpc) is 2.76. The highest BCUT2D eigenvalue weighted by Crippen LogP contribution is 2.30. The molecule has 1 aromatic heterocycles. The fourth-order valence-electron chi connectivity index (χ4n) is 2.34. The number of rotatable bonds is 3. The first-order valence-corrected chi connectivity index (χ1v) is 6.90. The molecule has 3 heteroatoms. The summed E-state index contributed by atoms with van der Waals surface area (Å²) < 4.78 is 0. The summed E-state index contributed by atoms with van der Waals surface area (Å²) in [6, 6.07) is 2.25. The van der Waals surface area contributed by atoms with Gasteiger partial charge in [0, 0.05) is 12.0 Å². The van der Waals surface area contributed by atoms with Gasteiger partial charge in [0.15, 0.2) is 0 Å². The summed E-state index contributed by atoms with van der Waals surface area (Å²) in [6.45, 7) is 8.68. The van der Waals surface area contributed by atoms with Crippen molar-refractivity contribution in [3.05, 3.63) is 40.3 Å². The lowest BCUT2D eigenvalue weighted by Gasteiger charge is -2.13. The van der Waals surface area contributed by atoms with E-state index in [1.807, 2.05) is 6.20 Å². The summed E-state index contributed by atoms with van der Waals surface area (Å²) in [7, 11) is 0. The van der Waals surface area contributed by atoms with E-state index >= 15 is 0 Å². The summed E-state index contributed by atoms with van der Waals surface area (Å²) in [6.07, 6.45) is 2.82. The second-order valence-electron chi connectivity index (χ2n) is 4.85. The normalized spacial score (nSPS) is 10.9. The average molecular weight is 260 g/mol. The molecule has 2 rings (SSSR count). The monoisotopic (exact) mass is 260 g/mol. The number of hydrogen-bond acceptors (Lipinski definition) is 2. The lowest BCUT2D eigenvalue weighted by Crippen LogP contribution is -1.96. The Kier molecular flexibility index (Phi) is 3.81. The lowest BCUT2D eigenvalue weighted by atomic mass is 9.93. The third kappa shape index (κ3) is 2.32. The maximum atomic E-state index is 4.42. The van der Waals surface area contributed by atoms with Gasteiger partial charge in [0.05, 0.1) is 11.9 Å². The van der Waals surface area contributed by atoms with Crippen LogP contribution in [-0.2, 0) is 6.42 Å². The topological polar surface area (TPSA) is 28.7 Å². The van der Waals surface area contributed by atoms with Gasteiger partial charge in [0.2, 0.25) is 0 Å². The molecule has 0 unspecified atom stereocenters. The highest BCUT2D eigenvalue weighted by atomic mass is 32.1. The predicted octanol–water partition coefficient (Wildman–Crippen LogP) is 3.78. The standard InChI is InChI=1S/C15H20N2S/c1-9-7-10(2)12(4)15(11(9)3)13-8-16-14(17-13)5-6-18/h7-8,18H,5-6H2,1-4H3,(H,16,17). The SMILES string of the molecule is Cc1cc(C)c(C)c(-c2cnc(CCS)[nH]2)c1C. The Morgan fingerprint density at radius 3 is 2.28 bits per heavy atom. The molecule has 0 aliphatic rings. The number of imidazole rings is 1. The molecule has 0 radical (unpaired) electrons. The minimum Gasteiger partial charge on any atom is -0.342 e. The summed E-state index contributed by atoms with van der Waals surface area (Å²) in [4.78, 5) is 7.83. The van der Waals surface area contributed by atoms with E-state index in [0.717, 1.165) is 23.7 Å². The molecule has 0 spiro atoms. The molecular weight excluding hydrogens is 240 g/mol. The number of hydrogen-bond donors (Lipinski definition) is 2. The molecule has 1 heterocycles. The van der Waals surface area contributed by atoms with Crippen LogP contribution >= 0.6 is 12.6 Å². The third-order valence-corrected chi connectivity index (χ3v) is 3.84. The van der Waals surface area contributed by atoms with Crippen molar-refractivity contribution in [1.29, 1.82) is 0 Å². The van der Waals surface area contributed by atoms with Gasteiger partial charge in [-0.1, -0.05) is 6.07 Å². The first kappa shape index (κ1) is 13.2. The second-order valence-corrected chi connectivity index (χ2v) is 5.30. The van der Waals surface area contributed by atoms with E-state index in [0.29, 0.717) is 0 Å². The molecule has 0 bridgehead atoms. The van der Waals surface area contributed by atoms with Gasteiger partial charge in [0.25, 0.3) is 0 Å².